The second-order valence-electron chi connectivity index (χ2n) is 4.95. The Morgan fingerprint density at radius 2 is 2.20 bits per heavy atom. The molecule has 0 bridgehead atoms. The molecule has 2 aromatic heterocycles. The molecular formula is C16H19N3O. The fourth-order valence-electron chi connectivity index (χ4n) is 2.57. The number of furan rings is 1. The highest BCUT2D eigenvalue weighted by Crippen LogP contribution is 2.25. The maximum atomic E-state index is 5.79. The van der Waals surface area contributed by atoms with Crippen LogP contribution in [0.3, 0.4) is 0 Å². The predicted molar refractivity (Wildman–Crippen MR) is 79.4 cm³/mol. The van der Waals surface area contributed by atoms with E-state index in [1.165, 1.54) is 10.9 Å². The molecule has 1 unspecified atom stereocenters. The summed E-state index contributed by atoms with van der Waals surface area (Å²) in [7, 11) is 0. The minimum Gasteiger partial charge on any atom is -0.461 e. The summed E-state index contributed by atoms with van der Waals surface area (Å²) in [6.07, 6.45) is 4.64. The van der Waals surface area contributed by atoms with Crippen LogP contribution >= 0.6 is 0 Å². The lowest BCUT2D eigenvalue weighted by Gasteiger charge is -2.14. The highest BCUT2D eigenvalue weighted by atomic mass is 16.3. The van der Waals surface area contributed by atoms with Crippen molar-refractivity contribution in [1.82, 2.24) is 15.3 Å². The van der Waals surface area contributed by atoms with Crippen molar-refractivity contribution in [1.29, 1.82) is 0 Å². The molecule has 0 radical (unpaired) electrons. The van der Waals surface area contributed by atoms with Gasteiger partial charge in [-0.15, -0.1) is 0 Å². The standard InChI is InChI=1S/C16H19N3O/c1-3-14(16-17-8-9-18-16)19-10-13-11(2)20-15-7-5-4-6-12(13)15/h4-9,14,19H,3,10H2,1-2H3,(H,17,18). The monoisotopic (exact) mass is 269 g/mol. The molecule has 3 aromatic rings. The normalized spacial score (nSPS) is 12.9. The molecule has 4 heteroatoms. The molecule has 4 nitrogen and oxygen atoms in total. The Morgan fingerprint density at radius 3 is 2.95 bits per heavy atom. The van der Waals surface area contributed by atoms with Gasteiger partial charge in [0.05, 0.1) is 6.04 Å². The molecule has 104 valence electrons. The van der Waals surface area contributed by atoms with Crippen molar-refractivity contribution < 1.29 is 4.42 Å². The van der Waals surface area contributed by atoms with E-state index in [1.807, 2.05) is 31.3 Å². The molecule has 2 heterocycles. The molecule has 0 aliphatic heterocycles. The van der Waals surface area contributed by atoms with Crippen LogP contribution in [-0.4, -0.2) is 9.97 Å². The van der Waals surface area contributed by atoms with Crippen LogP contribution in [0.15, 0.2) is 41.1 Å². The number of hydrogen-bond donors (Lipinski definition) is 2. The van der Waals surface area contributed by atoms with Crippen molar-refractivity contribution in [2.45, 2.75) is 32.9 Å². The van der Waals surface area contributed by atoms with Crippen molar-refractivity contribution in [2.24, 2.45) is 0 Å². The zero-order valence-corrected chi connectivity index (χ0v) is 11.8. The lowest BCUT2D eigenvalue weighted by molar-refractivity contribution is 0.491. The molecule has 2 N–H and O–H groups in total. The van der Waals surface area contributed by atoms with Gasteiger partial charge in [-0.2, -0.15) is 0 Å². The Hall–Kier alpha value is -2.07. The number of imidazole rings is 1. The van der Waals surface area contributed by atoms with Gasteiger partial charge in [-0.05, 0) is 19.4 Å². The fraction of sp³-hybridized carbons (Fsp3) is 0.312. The fourth-order valence-corrected chi connectivity index (χ4v) is 2.57. The Labute approximate surface area is 118 Å². The number of nitrogens with one attached hydrogen (secondary N) is 2. The Balaban J connectivity index is 1.81. The first kappa shape index (κ1) is 12.9. The first-order valence-electron chi connectivity index (χ1n) is 6.99. The summed E-state index contributed by atoms with van der Waals surface area (Å²) < 4.78 is 5.79. The zero-order chi connectivity index (χ0) is 13.9. The van der Waals surface area contributed by atoms with E-state index in [-0.39, 0.29) is 6.04 Å². The Bertz CT molecular complexity index is 685. The number of aromatic nitrogens is 2. The van der Waals surface area contributed by atoms with Gasteiger partial charge in [0.2, 0.25) is 0 Å². The molecule has 20 heavy (non-hydrogen) atoms. The SMILES string of the molecule is CCC(NCc1c(C)oc2ccccc12)c1ncc[nH]1. The van der Waals surface area contributed by atoms with Crippen LogP contribution in [0.25, 0.3) is 11.0 Å². The third-order valence-electron chi connectivity index (χ3n) is 3.68. The quantitative estimate of drug-likeness (QED) is 0.742. The predicted octanol–water partition coefficient (Wildman–Crippen LogP) is 3.71. The van der Waals surface area contributed by atoms with Crippen LogP contribution in [0.4, 0.5) is 0 Å². The van der Waals surface area contributed by atoms with Crippen molar-refractivity contribution in [3.63, 3.8) is 0 Å². The van der Waals surface area contributed by atoms with Crippen molar-refractivity contribution in [3.8, 4) is 0 Å². The second kappa shape index (κ2) is 5.51. The van der Waals surface area contributed by atoms with Crippen LogP contribution in [0.1, 0.15) is 36.5 Å². The number of rotatable bonds is 5. The molecular weight excluding hydrogens is 250 g/mol. The molecule has 1 aromatic carbocycles. The average molecular weight is 269 g/mol. The Morgan fingerprint density at radius 1 is 1.35 bits per heavy atom. The van der Waals surface area contributed by atoms with Crippen LogP contribution in [-0.2, 0) is 6.54 Å². The van der Waals surface area contributed by atoms with Crippen LogP contribution < -0.4 is 5.32 Å². The molecule has 0 fully saturated rings. The molecule has 0 aliphatic rings. The largest absolute Gasteiger partial charge is 0.461 e. The van der Waals surface area contributed by atoms with E-state index in [2.05, 4.69) is 28.3 Å². The summed E-state index contributed by atoms with van der Waals surface area (Å²) in [5.74, 6) is 1.96. The third kappa shape index (κ3) is 2.34. The summed E-state index contributed by atoms with van der Waals surface area (Å²) in [5.41, 5.74) is 2.18. The van der Waals surface area contributed by atoms with Gasteiger partial charge < -0.3 is 14.7 Å². The summed E-state index contributed by atoms with van der Waals surface area (Å²) >= 11 is 0. The Kier molecular flexibility index (Phi) is 3.56. The van der Waals surface area contributed by atoms with Crippen LogP contribution in [0.2, 0.25) is 0 Å². The van der Waals surface area contributed by atoms with E-state index in [0.717, 1.165) is 30.1 Å². The van der Waals surface area contributed by atoms with E-state index >= 15 is 0 Å². The smallest absolute Gasteiger partial charge is 0.134 e. The summed E-state index contributed by atoms with van der Waals surface area (Å²) in [6.45, 7) is 4.95. The van der Waals surface area contributed by atoms with Gasteiger partial charge >= 0.3 is 0 Å². The summed E-state index contributed by atoms with van der Waals surface area (Å²) in [6, 6.07) is 8.40. The average Bonchev–Trinajstić information content (AvgIpc) is 3.08. The van der Waals surface area contributed by atoms with Gasteiger partial charge in [-0.1, -0.05) is 25.1 Å². The van der Waals surface area contributed by atoms with E-state index < -0.39 is 0 Å². The van der Waals surface area contributed by atoms with Crippen LogP contribution in [0.5, 0.6) is 0 Å². The number of nitrogens with zero attached hydrogens (tertiary/aromatic N) is 1. The number of benzene rings is 1. The molecule has 0 amide bonds. The minimum absolute atomic E-state index is 0.234. The number of aromatic amines is 1. The number of para-hydroxylation sites is 1. The van der Waals surface area contributed by atoms with Gasteiger partial charge in [-0.25, -0.2) is 4.98 Å². The van der Waals surface area contributed by atoms with Gasteiger partial charge in [0, 0.05) is 29.9 Å². The summed E-state index contributed by atoms with van der Waals surface area (Å²) in [5, 5.41) is 4.74. The molecule has 0 saturated heterocycles. The summed E-state index contributed by atoms with van der Waals surface area (Å²) in [4.78, 5) is 7.50. The lowest BCUT2D eigenvalue weighted by atomic mass is 10.1. The van der Waals surface area contributed by atoms with Crippen molar-refractivity contribution in [3.05, 3.63) is 53.8 Å². The lowest BCUT2D eigenvalue weighted by Crippen LogP contribution is -2.21. The zero-order valence-electron chi connectivity index (χ0n) is 11.8. The third-order valence-corrected chi connectivity index (χ3v) is 3.68. The highest BCUT2D eigenvalue weighted by molar-refractivity contribution is 5.82. The van der Waals surface area contributed by atoms with E-state index in [0.29, 0.717) is 0 Å². The van der Waals surface area contributed by atoms with Crippen molar-refractivity contribution >= 4 is 11.0 Å². The van der Waals surface area contributed by atoms with Gasteiger partial charge in [-0.3, -0.25) is 0 Å². The molecule has 3 rings (SSSR count). The maximum absolute atomic E-state index is 5.79. The second-order valence-corrected chi connectivity index (χ2v) is 4.95. The van der Waals surface area contributed by atoms with Crippen LogP contribution in [0, 0.1) is 6.92 Å². The number of hydrogen-bond acceptors (Lipinski definition) is 3. The van der Waals surface area contributed by atoms with Gasteiger partial charge in [0.15, 0.2) is 0 Å². The highest BCUT2D eigenvalue weighted by Gasteiger charge is 2.14. The topological polar surface area (TPSA) is 53.9 Å². The minimum atomic E-state index is 0.234. The first-order valence-corrected chi connectivity index (χ1v) is 6.99. The number of aryl methyl sites for hydroxylation is 1. The van der Waals surface area contributed by atoms with E-state index in [4.69, 9.17) is 4.42 Å². The van der Waals surface area contributed by atoms with Crippen molar-refractivity contribution in [2.75, 3.05) is 0 Å². The van der Waals surface area contributed by atoms with Gasteiger partial charge in [0.1, 0.15) is 17.2 Å². The molecule has 0 saturated carbocycles. The molecule has 0 aliphatic carbocycles. The number of H-pyrrole nitrogens is 1. The first-order chi connectivity index (χ1) is 9.79. The molecule has 1 atom stereocenters. The van der Waals surface area contributed by atoms with Gasteiger partial charge in [0.25, 0.3) is 0 Å². The van der Waals surface area contributed by atoms with E-state index in [1.54, 1.807) is 6.20 Å². The molecule has 0 spiro atoms. The number of fused-ring (bicyclic) bond motifs is 1. The van der Waals surface area contributed by atoms with E-state index in [9.17, 15) is 0 Å². The maximum Gasteiger partial charge on any atom is 0.134 e.